The Morgan fingerprint density at radius 3 is 3.00 bits per heavy atom. The first kappa shape index (κ1) is 12.3. The highest BCUT2D eigenvalue weighted by Crippen LogP contribution is 2.18. The van der Waals surface area contributed by atoms with E-state index in [1.54, 1.807) is 18.6 Å². The average molecular weight is 244 g/mol. The molecule has 0 fully saturated rings. The standard InChI is InChI=1S/C13H16N4O/c1-9(2)17-12(18)8-16-11-7-14-6-10-4-3-5-15-13(10)11/h3-7,9,16H,8H2,1-2H3,(H,17,18). The van der Waals surface area contributed by atoms with E-state index in [-0.39, 0.29) is 18.5 Å². The number of carbonyl (C=O) groups excluding carboxylic acids is 1. The third kappa shape index (κ3) is 2.94. The molecule has 0 radical (unpaired) electrons. The van der Waals surface area contributed by atoms with Crippen molar-refractivity contribution in [2.75, 3.05) is 11.9 Å². The van der Waals surface area contributed by atoms with Crippen LogP contribution in [0.3, 0.4) is 0 Å². The van der Waals surface area contributed by atoms with Gasteiger partial charge in [-0.05, 0) is 26.0 Å². The molecule has 94 valence electrons. The summed E-state index contributed by atoms with van der Waals surface area (Å²) in [5.41, 5.74) is 1.59. The first-order chi connectivity index (χ1) is 8.66. The highest BCUT2D eigenvalue weighted by molar-refractivity contribution is 5.91. The Balaban J connectivity index is 2.10. The second-order valence-corrected chi connectivity index (χ2v) is 4.34. The molecule has 0 atom stereocenters. The second kappa shape index (κ2) is 5.44. The molecule has 0 saturated heterocycles. The van der Waals surface area contributed by atoms with Gasteiger partial charge in [-0.1, -0.05) is 0 Å². The number of anilines is 1. The topological polar surface area (TPSA) is 66.9 Å². The minimum atomic E-state index is -0.0436. The molecule has 0 aliphatic carbocycles. The van der Waals surface area contributed by atoms with E-state index in [2.05, 4.69) is 20.6 Å². The number of aromatic nitrogens is 2. The summed E-state index contributed by atoms with van der Waals surface area (Å²) >= 11 is 0. The Morgan fingerprint density at radius 2 is 2.22 bits per heavy atom. The smallest absolute Gasteiger partial charge is 0.239 e. The first-order valence-electron chi connectivity index (χ1n) is 5.89. The van der Waals surface area contributed by atoms with Crippen LogP contribution in [0.5, 0.6) is 0 Å². The third-order valence-electron chi connectivity index (χ3n) is 2.40. The molecule has 0 aliphatic heterocycles. The van der Waals surface area contributed by atoms with Gasteiger partial charge in [-0.3, -0.25) is 14.8 Å². The zero-order valence-corrected chi connectivity index (χ0v) is 10.5. The number of fused-ring (bicyclic) bond motifs is 1. The Morgan fingerprint density at radius 1 is 1.39 bits per heavy atom. The summed E-state index contributed by atoms with van der Waals surface area (Å²) in [5.74, 6) is -0.0436. The summed E-state index contributed by atoms with van der Waals surface area (Å²) in [5, 5.41) is 6.83. The van der Waals surface area contributed by atoms with Crippen molar-refractivity contribution >= 4 is 22.5 Å². The number of nitrogens with zero attached hydrogens (tertiary/aromatic N) is 2. The van der Waals surface area contributed by atoms with E-state index in [4.69, 9.17) is 0 Å². The fourth-order valence-electron chi connectivity index (χ4n) is 1.68. The van der Waals surface area contributed by atoms with Gasteiger partial charge in [-0.25, -0.2) is 0 Å². The van der Waals surface area contributed by atoms with Crippen molar-refractivity contribution in [3.63, 3.8) is 0 Å². The van der Waals surface area contributed by atoms with Gasteiger partial charge < -0.3 is 10.6 Å². The lowest BCUT2D eigenvalue weighted by Gasteiger charge is -2.10. The van der Waals surface area contributed by atoms with Gasteiger partial charge in [0.1, 0.15) is 0 Å². The summed E-state index contributed by atoms with van der Waals surface area (Å²) in [6, 6.07) is 3.94. The molecular weight excluding hydrogens is 228 g/mol. The Hall–Kier alpha value is -2.17. The van der Waals surface area contributed by atoms with Gasteiger partial charge in [0.05, 0.1) is 23.9 Å². The predicted molar refractivity (Wildman–Crippen MR) is 71.3 cm³/mol. The molecule has 2 heterocycles. The first-order valence-corrected chi connectivity index (χ1v) is 5.89. The molecule has 0 aliphatic rings. The van der Waals surface area contributed by atoms with Crippen LogP contribution in [0.25, 0.3) is 10.9 Å². The van der Waals surface area contributed by atoms with Crippen LogP contribution in [0.1, 0.15) is 13.8 Å². The lowest BCUT2D eigenvalue weighted by atomic mass is 10.2. The van der Waals surface area contributed by atoms with E-state index < -0.39 is 0 Å². The molecule has 2 rings (SSSR count). The molecule has 5 heteroatoms. The second-order valence-electron chi connectivity index (χ2n) is 4.34. The number of nitrogens with one attached hydrogen (secondary N) is 2. The number of carbonyl (C=O) groups is 1. The molecule has 5 nitrogen and oxygen atoms in total. The van der Waals surface area contributed by atoms with Crippen LogP contribution in [0.4, 0.5) is 5.69 Å². The predicted octanol–water partition coefficient (Wildman–Crippen LogP) is 1.57. The molecule has 2 aromatic rings. The Labute approximate surface area is 106 Å². The number of hydrogen-bond acceptors (Lipinski definition) is 4. The quantitative estimate of drug-likeness (QED) is 0.856. The van der Waals surface area contributed by atoms with Crippen molar-refractivity contribution in [3.05, 3.63) is 30.7 Å². The number of amides is 1. The molecule has 1 amide bonds. The van der Waals surface area contributed by atoms with Gasteiger partial charge >= 0.3 is 0 Å². The van der Waals surface area contributed by atoms with Gasteiger partial charge in [-0.15, -0.1) is 0 Å². The number of rotatable bonds is 4. The minimum absolute atomic E-state index is 0.0436. The summed E-state index contributed by atoms with van der Waals surface area (Å²) < 4.78 is 0. The fourth-order valence-corrected chi connectivity index (χ4v) is 1.68. The van der Waals surface area contributed by atoms with Crippen molar-refractivity contribution in [1.29, 1.82) is 0 Å². The Bertz CT molecular complexity index is 548. The van der Waals surface area contributed by atoms with E-state index >= 15 is 0 Å². The third-order valence-corrected chi connectivity index (χ3v) is 2.40. The monoisotopic (exact) mass is 244 g/mol. The molecule has 0 bridgehead atoms. The van der Waals surface area contributed by atoms with E-state index in [0.717, 1.165) is 16.6 Å². The molecule has 2 N–H and O–H groups in total. The van der Waals surface area contributed by atoms with Crippen molar-refractivity contribution < 1.29 is 4.79 Å². The van der Waals surface area contributed by atoms with E-state index in [1.165, 1.54) is 0 Å². The van der Waals surface area contributed by atoms with Crippen LogP contribution in [0.15, 0.2) is 30.7 Å². The molecule has 2 aromatic heterocycles. The van der Waals surface area contributed by atoms with Crippen LogP contribution < -0.4 is 10.6 Å². The van der Waals surface area contributed by atoms with Gasteiger partial charge in [0.15, 0.2) is 0 Å². The molecule has 18 heavy (non-hydrogen) atoms. The van der Waals surface area contributed by atoms with E-state index in [0.29, 0.717) is 0 Å². The van der Waals surface area contributed by atoms with Gasteiger partial charge in [0.25, 0.3) is 0 Å². The zero-order chi connectivity index (χ0) is 13.0. The SMILES string of the molecule is CC(C)NC(=O)CNc1cncc2cccnc12. The van der Waals surface area contributed by atoms with Gasteiger partial charge in [0.2, 0.25) is 5.91 Å². The number of hydrogen-bond donors (Lipinski definition) is 2. The molecule has 0 saturated carbocycles. The maximum atomic E-state index is 11.5. The lowest BCUT2D eigenvalue weighted by molar-refractivity contribution is -0.119. The van der Waals surface area contributed by atoms with E-state index in [1.807, 2.05) is 26.0 Å². The maximum Gasteiger partial charge on any atom is 0.239 e. The van der Waals surface area contributed by atoms with Gasteiger partial charge in [-0.2, -0.15) is 0 Å². The largest absolute Gasteiger partial charge is 0.373 e. The summed E-state index contributed by atoms with van der Waals surface area (Å²) in [6.45, 7) is 4.08. The normalized spacial score (nSPS) is 10.6. The fraction of sp³-hybridized carbons (Fsp3) is 0.308. The van der Waals surface area contributed by atoms with Gasteiger partial charge in [0, 0.05) is 23.8 Å². The number of pyridine rings is 2. The van der Waals surface area contributed by atoms with Crippen LogP contribution >= 0.6 is 0 Å². The van der Waals surface area contributed by atoms with Crippen LogP contribution in [0.2, 0.25) is 0 Å². The van der Waals surface area contributed by atoms with Crippen molar-refractivity contribution in [2.45, 2.75) is 19.9 Å². The van der Waals surface area contributed by atoms with Crippen LogP contribution in [-0.2, 0) is 4.79 Å². The summed E-state index contributed by atoms with van der Waals surface area (Å²) in [6.07, 6.45) is 5.15. The van der Waals surface area contributed by atoms with Crippen molar-refractivity contribution in [2.24, 2.45) is 0 Å². The lowest BCUT2D eigenvalue weighted by Crippen LogP contribution is -2.34. The minimum Gasteiger partial charge on any atom is -0.373 e. The molecule has 0 spiro atoms. The molecule has 0 unspecified atom stereocenters. The van der Waals surface area contributed by atoms with Crippen LogP contribution in [0, 0.1) is 0 Å². The highest BCUT2D eigenvalue weighted by Gasteiger charge is 2.05. The van der Waals surface area contributed by atoms with Crippen molar-refractivity contribution in [3.8, 4) is 0 Å². The molecule has 0 aromatic carbocycles. The highest BCUT2D eigenvalue weighted by atomic mass is 16.1. The average Bonchev–Trinajstić information content (AvgIpc) is 2.35. The van der Waals surface area contributed by atoms with Crippen LogP contribution in [-0.4, -0.2) is 28.5 Å². The maximum absolute atomic E-state index is 11.5. The summed E-state index contributed by atoms with van der Waals surface area (Å²) in [4.78, 5) is 20.0. The van der Waals surface area contributed by atoms with E-state index in [9.17, 15) is 4.79 Å². The molecular formula is C13H16N4O. The zero-order valence-electron chi connectivity index (χ0n) is 10.5. The van der Waals surface area contributed by atoms with Crippen molar-refractivity contribution in [1.82, 2.24) is 15.3 Å². The Kier molecular flexibility index (Phi) is 3.72. The summed E-state index contributed by atoms with van der Waals surface area (Å²) in [7, 11) is 0.